The van der Waals surface area contributed by atoms with E-state index in [1.807, 2.05) is 61.5 Å². The van der Waals surface area contributed by atoms with Crippen LogP contribution < -0.4 is 10.9 Å². The molecule has 4 aromatic rings. The molecule has 6 heteroatoms. The Balaban J connectivity index is 1.63. The molecule has 0 aliphatic rings. The molecule has 0 aliphatic heterocycles. The summed E-state index contributed by atoms with van der Waals surface area (Å²) in [6.07, 6.45) is 0. The van der Waals surface area contributed by atoms with Crippen LogP contribution in [0, 0.1) is 12.7 Å². The first kappa shape index (κ1) is 20.3. The molecule has 2 N–H and O–H groups in total. The normalized spacial score (nSPS) is 10.8. The number of aromatic nitrogens is 1. The number of H-pyrrole nitrogens is 1. The summed E-state index contributed by atoms with van der Waals surface area (Å²) >= 11 is 0. The predicted molar refractivity (Wildman–Crippen MR) is 120 cm³/mol. The fraction of sp³-hybridized carbons (Fsp3) is 0.120. The molecular formula is C25H22FN3O2. The van der Waals surface area contributed by atoms with Gasteiger partial charge in [0.25, 0.3) is 5.56 Å². The van der Waals surface area contributed by atoms with Crippen LogP contribution in [0.1, 0.15) is 16.7 Å². The number of hydrogen-bond donors (Lipinski definition) is 2. The van der Waals surface area contributed by atoms with Gasteiger partial charge in [-0.05, 0) is 59.8 Å². The number of fused-ring (bicyclic) bond motifs is 1. The topological polar surface area (TPSA) is 65.2 Å². The molecule has 0 spiro atoms. The Morgan fingerprint density at radius 2 is 1.71 bits per heavy atom. The van der Waals surface area contributed by atoms with Gasteiger partial charge in [0.2, 0.25) is 0 Å². The molecule has 0 unspecified atom stereocenters. The Labute approximate surface area is 179 Å². The second kappa shape index (κ2) is 8.83. The maximum Gasteiger partial charge on any atom is 0.322 e. The number of nitrogens with zero attached hydrogens (tertiary/aromatic N) is 1. The number of rotatable bonds is 5. The van der Waals surface area contributed by atoms with Crippen LogP contribution in [0.3, 0.4) is 0 Å². The Morgan fingerprint density at radius 1 is 0.968 bits per heavy atom. The van der Waals surface area contributed by atoms with E-state index in [0.717, 1.165) is 22.0 Å². The number of halogens is 1. The fourth-order valence-electron chi connectivity index (χ4n) is 3.42. The summed E-state index contributed by atoms with van der Waals surface area (Å²) in [5.74, 6) is -0.378. The number of urea groups is 1. The quantitative estimate of drug-likeness (QED) is 0.470. The first-order valence-electron chi connectivity index (χ1n) is 9.96. The van der Waals surface area contributed by atoms with Crippen LogP contribution in [-0.2, 0) is 13.1 Å². The van der Waals surface area contributed by atoms with E-state index >= 15 is 0 Å². The molecule has 4 rings (SSSR count). The largest absolute Gasteiger partial charge is 0.322 e. The minimum atomic E-state index is -0.378. The standard InChI is InChI=1S/C25H22FN3O2/c1-17-7-8-19-14-20(24(30)28-23(19)13-17)16-29(15-18-5-3-2-4-6-18)25(31)27-22-11-9-21(26)10-12-22/h2-14H,15-16H2,1H3,(H,27,31)(H,28,30). The number of benzene rings is 3. The summed E-state index contributed by atoms with van der Waals surface area (Å²) in [6, 6.07) is 22.4. The lowest BCUT2D eigenvalue weighted by Gasteiger charge is -2.23. The zero-order valence-corrected chi connectivity index (χ0v) is 17.1. The number of pyridine rings is 1. The van der Waals surface area contributed by atoms with E-state index < -0.39 is 0 Å². The van der Waals surface area contributed by atoms with Crippen LogP contribution in [0.15, 0.2) is 83.7 Å². The van der Waals surface area contributed by atoms with Crippen LogP contribution in [0.4, 0.5) is 14.9 Å². The van der Waals surface area contributed by atoms with Crippen molar-refractivity contribution in [2.75, 3.05) is 5.32 Å². The summed E-state index contributed by atoms with van der Waals surface area (Å²) < 4.78 is 13.2. The zero-order chi connectivity index (χ0) is 21.8. The zero-order valence-electron chi connectivity index (χ0n) is 17.1. The predicted octanol–water partition coefficient (Wildman–Crippen LogP) is 5.21. The van der Waals surface area contributed by atoms with Gasteiger partial charge in [-0.2, -0.15) is 0 Å². The van der Waals surface area contributed by atoms with Crippen molar-refractivity contribution in [2.24, 2.45) is 0 Å². The lowest BCUT2D eigenvalue weighted by molar-refractivity contribution is 0.206. The molecule has 0 fully saturated rings. The highest BCUT2D eigenvalue weighted by Gasteiger charge is 2.17. The smallest absolute Gasteiger partial charge is 0.322 e. The third-order valence-corrected chi connectivity index (χ3v) is 5.04. The van der Waals surface area contributed by atoms with Gasteiger partial charge in [-0.25, -0.2) is 9.18 Å². The van der Waals surface area contributed by atoms with Crippen molar-refractivity contribution in [1.29, 1.82) is 0 Å². The minimum Gasteiger partial charge on any atom is -0.322 e. The number of hydrogen-bond acceptors (Lipinski definition) is 2. The van der Waals surface area contributed by atoms with Crippen LogP contribution in [0.2, 0.25) is 0 Å². The highest BCUT2D eigenvalue weighted by Crippen LogP contribution is 2.16. The summed E-state index contributed by atoms with van der Waals surface area (Å²) in [7, 11) is 0. The first-order chi connectivity index (χ1) is 15.0. The Kier molecular flexibility index (Phi) is 5.80. The molecule has 2 amide bonds. The van der Waals surface area contributed by atoms with Gasteiger partial charge >= 0.3 is 6.03 Å². The monoisotopic (exact) mass is 415 g/mol. The second-order valence-corrected chi connectivity index (χ2v) is 7.49. The second-order valence-electron chi connectivity index (χ2n) is 7.49. The fourth-order valence-corrected chi connectivity index (χ4v) is 3.42. The third kappa shape index (κ3) is 4.98. The van der Waals surface area contributed by atoms with Crippen molar-refractivity contribution in [2.45, 2.75) is 20.0 Å². The molecule has 0 saturated carbocycles. The van der Waals surface area contributed by atoms with E-state index in [0.29, 0.717) is 17.8 Å². The van der Waals surface area contributed by atoms with Crippen molar-refractivity contribution < 1.29 is 9.18 Å². The summed E-state index contributed by atoms with van der Waals surface area (Å²) in [5, 5.41) is 3.68. The van der Waals surface area contributed by atoms with Crippen molar-refractivity contribution in [3.63, 3.8) is 0 Å². The van der Waals surface area contributed by atoms with Crippen molar-refractivity contribution >= 4 is 22.6 Å². The van der Waals surface area contributed by atoms with Gasteiger partial charge in [-0.1, -0.05) is 42.5 Å². The number of nitrogens with one attached hydrogen (secondary N) is 2. The van der Waals surface area contributed by atoms with E-state index in [-0.39, 0.29) is 24.0 Å². The number of aromatic amines is 1. The first-order valence-corrected chi connectivity index (χ1v) is 9.96. The van der Waals surface area contributed by atoms with Crippen LogP contribution in [-0.4, -0.2) is 15.9 Å². The number of amides is 2. The summed E-state index contributed by atoms with van der Waals surface area (Å²) in [5.41, 5.74) is 3.49. The SMILES string of the molecule is Cc1ccc2cc(CN(Cc3ccccc3)C(=O)Nc3ccc(F)cc3)c(=O)[nH]c2c1. The van der Waals surface area contributed by atoms with Gasteiger partial charge in [0.05, 0.1) is 6.54 Å². The lowest BCUT2D eigenvalue weighted by atomic mass is 10.1. The molecule has 0 saturated heterocycles. The van der Waals surface area contributed by atoms with Crippen LogP contribution in [0.25, 0.3) is 10.9 Å². The number of aryl methyl sites for hydroxylation is 1. The molecule has 3 aromatic carbocycles. The van der Waals surface area contributed by atoms with Gasteiger partial charge in [0.15, 0.2) is 0 Å². The lowest BCUT2D eigenvalue weighted by Crippen LogP contribution is -2.35. The molecule has 156 valence electrons. The van der Waals surface area contributed by atoms with Gasteiger partial charge in [-0.15, -0.1) is 0 Å². The molecule has 5 nitrogen and oxygen atoms in total. The van der Waals surface area contributed by atoms with E-state index in [4.69, 9.17) is 0 Å². The molecule has 0 bridgehead atoms. The Morgan fingerprint density at radius 3 is 2.45 bits per heavy atom. The molecular weight excluding hydrogens is 393 g/mol. The molecule has 0 atom stereocenters. The maximum atomic E-state index is 13.2. The van der Waals surface area contributed by atoms with Crippen molar-refractivity contribution in [3.05, 3.63) is 112 Å². The average molecular weight is 415 g/mol. The summed E-state index contributed by atoms with van der Waals surface area (Å²) in [4.78, 5) is 30.2. The number of carbonyl (C=O) groups excluding carboxylic acids is 1. The molecule has 0 radical (unpaired) electrons. The van der Waals surface area contributed by atoms with Gasteiger partial charge in [-0.3, -0.25) is 4.79 Å². The van der Waals surface area contributed by atoms with E-state index in [1.54, 1.807) is 4.90 Å². The third-order valence-electron chi connectivity index (χ3n) is 5.04. The minimum absolute atomic E-state index is 0.126. The van der Waals surface area contributed by atoms with E-state index in [9.17, 15) is 14.0 Å². The van der Waals surface area contributed by atoms with E-state index in [1.165, 1.54) is 24.3 Å². The van der Waals surface area contributed by atoms with Gasteiger partial charge in [0, 0.05) is 23.3 Å². The van der Waals surface area contributed by atoms with Gasteiger partial charge in [0.1, 0.15) is 5.82 Å². The number of carbonyl (C=O) groups is 1. The number of anilines is 1. The molecule has 31 heavy (non-hydrogen) atoms. The molecule has 1 heterocycles. The Hall–Kier alpha value is -3.93. The Bertz CT molecular complexity index is 1270. The molecule has 0 aliphatic carbocycles. The van der Waals surface area contributed by atoms with Crippen LogP contribution in [0.5, 0.6) is 0 Å². The highest BCUT2D eigenvalue weighted by atomic mass is 19.1. The average Bonchev–Trinajstić information content (AvgIpc) is 2.76. The highest BCUT2D eigenvalue weighted by molar-refractivity contribution is 5.89. The van der Waals surface area contributed by atoms with E-state index in [2.05, 4.69) is 10.3 Å². The maximum absolute atomic E-state index is 13.2. The van der Waals surface area contributed by atoms with Crippen molar-refractivity contribution in [1.82, 2.24) is 9.88 Å². The summed E-state index contributed by atoms with van der Waals surface area (Å²) in [6.45, 7) is 2.41. The molecule has 1 aromatic heterocycles. The van der Waals surface area contributed by atoms with Crippen molar-refractivity contribution in [3.8, 4) is 0 Å². The van der Waals surface area contributed by atoms with Gasteiger partial charge < -0.3 is 15.2 Å². The van der Waals surface area contributed by atoms with Crippen LogP contribution >= 0.6 is 0 Å².